The number of nitrogens with one attached hydrogen (secondary N) is 1. The van der Waals surface area contributed by atoms with Gasteiger partial charge in [-0.3, -0.25) is 0 Å². The average molecular weight is 229 g/mol. The molecular formula is C14H15NO2. The number of aromatic amines is 1. The fraction of sp³-hybridized carbons (Fsp3) is 0.214. The van der Waals surface area contributed by atoms with Crippen molar-refractivity contribution in [2.45, 2.75) is 13.8 Å². The van der Waals surface area contributed by atoms with Crippen molar-refractivity contribution >= 4 is 5.97 Å². The highest BCUT2D eigenvalue weighted by molar-refractivity contribution is 5.91. The van der Waals surface area contributed by atoms with Crippen LogP contribution < -0.4 is 0 Å². The largest absolute Gasteiger partial charge is 0.461 e. The molecule has 1 N–H and O–H groups in total. The number of carbonyl (C=O) groups is 1. The predicted molar refractivity (Wildman–Crippen MR) is 66.9 cm³/mol. The Bertz CT molecular complexity index is 514. The lowest BCUT2D eigenvalue weighted by atomic mass is 10.0. The second-order valence-electron chi connectivity index (χ2n) is 3.79. The molecule has 0 bridgehead atoms. The number of esters is 1. The van der Waals surface area contributed by atoms with Gasteiger partial charge in [-0.1, -0.05) is 30.3 Å². The molecule has 2 aromatic rings. The van der Waals surface area contributed by atoms with Gasteiger partial charge in [0.05, 0.1) is 6.61 Å². The molecule has 0 aliphatic carbocycles. The minimum absolute atomic E-state index is 0.299. The van der Waals surface area contributed by atoms with Crippen LogP contribution in [-0.2, 0) is 4.74 Å². The maximum atomic E-state index is 11.7. The molecule has 0 spiro atoms. The van der Waals surface area contributed by atoms with Crippen molar-refractivity contribution in [2.75, 3.05) is 6.61 Å². The molecule has 0 aliphatic rings. The lowest BCUT2D eigenvalue weighted by Crippen LogP contribution is -2.06. The van der Waals surface area contributed by atoms with Crippen molar-refractivity contribution in [3.8, 4) is 11.1 Å². The van der Waals surface area contributed by atoms with Gasteiger partial charge < -0.3 is 9.72 Å². The van der Waals surface area contributed by atoms with Gasteiger partial charge >= 0.3 is 5.97 Å². The van der Waals surface area contributed by atoms with Crippen LogP contribution in [0.3, 0.4) is 0 Å². The normalized spacial score (nSPS) is 10.2. The Morgan fingerprint density at radius 2 is 2.00 bits per heavy atom. The number of H-pyrrole nitrogens is 1. The molecule has 0 radical (unpaired) electrons. The van der Waals surface area contributed by atoms with Crippen LogP contribution in [0.15, 0.2) is 36.5 Å². The molecule has 0 saturated heterocycles. The topological polar surface area (TPSA) is 42.1 Å². The van der Waals surface area contributed by atoms with Crippen molar-refractivity contribution < 1.29 is 9.53 Å². The predicted octanol–water partition coefficient (Wildman–Crippen LogP) is 3.17. The SMILES string of the molecule is CCOC(=O)c1[nH]cc(-c2ccccc2)c1C. The molecule has 3 nitrogen and oxygen atoms in total. The van der Waals surface area contributed by atoms with Gasteiger partial charge in [-0.15, -0.1) is 0 Å². The lowest BCUT2D eigenvalue weighted by Gasteiger charge is -2.02. The minimum atomic E-state index is -0.299. The van der Waals surface area contributed by atoms with Gasteiger partial charge in [0.15, 0.2) is 0 Å². The Labute approximate surface area is 100 Å². The Kier molecular flexibility index (Phi) is 3.28. The molecular weight excluding hydrogens is 214 g/mol. The minimum Gasteiger partial charge on any atom is -0.461 e. The highest BCUT2D eigenvalue weighted by Crippen LogP contribution is 2.25. The molecule has 0 amide bonds. The van der Waals surface area contributed by atoms with E-state index in [2.05, 4.69) is 4.98 Å². The van der Waals surface area contributed by atoms with Crippen molar-refractivity contribution in [1.82, 2.24) is 4.98 Å². The molecule has 1 heterocycles. The Hall–Kier alpha value is -2.03. The van der Waals surface area contributed by atoms with Crippen LogP contribution in [0.4, 0.5) is 0 Å². The van der Waals surface area contributed by atoms with E-state index in [4.69, 9.17) is 4.74 Å². The van der Waals surface area contributed by atoms with E-state index in [1.807, 2.05) is 43.5 Å². The number of carbonyl (C=O) groups excluding carboxylic acids is 1. The third kappa shape index (κ3) is 2.23. The summed E-state index contributed by atoms with van der Waals surface area (Å²) in [5.74, 6) is -0.299. The van der Waals surface area contributed by atoms with Crippen molar-refractivity contribution in [3.05, 3.63) is 47.8 Å². The van der Waals surface area contributed by atoms with Crippen LogP contribution in [0.5, 0.6) is 0 Å². The molecule has 88 valence electrons. The number of ether oxygens (including phenoxy) is 1. The number of benzene rings is 1. The molecule has 3 heteroatoms. The lowest BCUT2D eigenvalue weighted by molar-refractivity contribution is 0.0519. The zero-order chi connectivity index (χ0) is 12.3. The van der Waals surface area contributed by atoms with E-state index < -0.39 is 0 Å². The summed E-state index contributed by atoms with van der Waals surface area (Å²) in [5, 5.41) is 0. The van der Waals surface area contributed by atoms with Crippen molar-refractivity contribution in [1.29, 1.82) is 0 Å². The highest BCUT2D eigenvalue weighted by Gasteiger charge is 2.15. The number of rotatable bonds is 3. The quantitative estimate of drug-likeness (QED) is 0.821. The first kappa shape index (κ1) is 11.5. The van der Waals surface area contributed by atoms with Crippen LogP contribution >= 0.6 is 0 Å². The molecule has 0 aliphatic heterocycles. The fourth-order valence-corrected chi connectivity index (χ4v) is 1.83. The Morgan fingerprint density at radius 1 is 1.29 bits per heavy atom. The second kappa shape index (κ2) is 4.87. The fourth-order valence-electron chi connectivity index (χ4n) is 1.83. The smallest absolute Gasteiger partial charge is 0.355 e. The molecule has 0 atom stereocenters. The molecule has 0 unspecified atom stereocenters. The van der Waals surface area contributed by atoms with Gasteiger partial charge in [0.1, 0.15) is 5.69 Å². The van der Waals surface area contributed by atoms with Gasteiger partial charge in [-0.2, -0.15) is 0 Å². The van der Waals surface area contributed by atoms with Crippen molar-refractivity contribution in [2.24, 2.45) is 0 Å². The standard InChI is InChI=1S/C14H15NO2/c1-3-17-14(16)13-10(2)12(9-15-13)11-7-5-4-6-8-11/h4-9,15H,3H2,1-2H3. The summed E-state index contributed by atoms with van der Waals surface area (Å²) < 4.78 is 4.99. The zero-order valence-electron chi connectivity index (χ0n) is 9.99. The van der Waals surface area contributed by atoms with E-state index in [9.17, 15) is 4.79 Å². The van der Waals surface area contributed by atoms with Gasteiger partial charge in [-0.05, 0) is 25.0 Å². The summed E-state index contributed by atoms with van der Waals surface area (Å²) in [7, 11) is 0. The molecule has 1 aromatic heterocycles. The van der Waals surface area contributed by atoms with E-state index in [0.717, 1.165) is 16.7 Å². The van der Waals surface area contributed by atoms with Crippen LogP contribution in [-0.4, -0.2) is 17.6 Å². The van der Waals surface area contributed by atoms with Gasteiger partial charge in [-0.25, -0.2) is 4.79 Å². The zero-order valence-corrected chi connectivity index (χ0v) is 9.99. The molecule has 17 heavy (non-hydrogen) atoms. The van der Waals surface area contributed by atoms with E-state index in [1.54, 1.807) is 6.92 Å². The van der Waals surface area contributed by atoms with E-state index in [-0.39, 0.29) is 5.97 Å². The monoisotopic (exact) mass is 229 g/mol. The highest BCUT2D eigenvalue weighted by atomic mass is 16.5. The maximum absolute atomic E-state index is 11.7. The van der Waals surface area contributed by atoms with Crippen LogP contribution in [0.25, 0.3) is 11.1 Å². The molecule has 2 rings (SSSR count). The third-order valence-electron chi connectivity index (χ3n) is 2.70. The van der Waals surface area contributed by atoms with Crippen molar-refractivity contribution in [3.63, 3.8) is 0 Å². The van der Waals surface area contributed by atoms with Gasteiger partial charge in [0.25, 0.3) is 0 Å². The molecule has 0 fully saturated rings. The van der Waals surface area contributed by atoms with E-state index in [1.165, 1.54) is 0 Å². The van der Waals surface area contributed by atoms with Crippen LogP contribution in [0.2, 0.25) is 0 Å². The first-order chi connectivity index (χ1) is 8.24. The Balaban J connectivity index is 2.37. The summed E-state index contributed by atoms with van der Waals surface area (Å²) in [6.45, 7) is 4.11. The first-order valence-corrected chi connectivity index (χ1v) is 5.64. The maximum Gasteiger partial charge on any atom is 0.355 e. The van der Waals surface area contributed by atoms with E-state index in [0.29, 0.717) is 12.3 Å². The second-order valence-corrected chi connectivity index (χ2v) is 3.79. The summed E-state index contributed by atoms with van der Waals surface area (Å²) in [5.41, 5.74) is 3.59. The van der Waals surface area contributed by atoms with E-state index >= 15 is 0 Å². The summed E-state index contributed by atoms with van der Waals surface area (Å²) in [6.07, 6.45) is 1.84. The van der Waals surface area contributed by atoms with Gasteiger partial charge in [0.2, 0.25) is 0 Å². The molecule has 0 saturated carbocycles. The number of hydrogen-bond donors (Lipinski definition) is 1. The summed E-state index contributed by atoms with van der Waals surface area (Å²) in [6, 6.07) is 9.96. The summed E-state index contributed by atoms with van der Waals surface area (Å²) in [4.78, 5) is 14.6. The molecule has 1 aromatic carbocycles. The number of hydrogen-bond acceptors (Lipinski definition) is 2. The third-order valence-corrected chi connectivity index (χ3v) is 2.70. The average Bonchev–Trinajstić information content (AvgIpc) is 2.72. The van der Waals surface area contributed by atoms with Gasteiger partial charge in [0, 0.05) is 11.8 Å². The van der Waals surface area contributed by atoms with Crippen LogP contribution in [0, 0.1) is 6.92 Å². The Morgan fingerprint density at radius 3 is 2.65 bits per heavy atom. The number of aromatic nitrogens is 1. The summed E-state index contributed by atoms with van der Waals surface area (Å²) >= 11 is 0. The van der Waals surface area contributed by atoms with Crippen LogP contribution in [0.1, 0.15) is 23.0 Å². The first-order valence-electron chi connectivity index (χ1n) is 5.64.